The van der Waals surface area contributed by atoms with Crippen LogP contribution in [0.3, 0.4) is 0 Å². The molecule has 9 nitrogen and oxygen atoms in total. The molecular weight excluding hydrogens is 468 g/mol. The van der Waals surface area contributed by atoms with E-state index in [0.29, 0.717) is 13.2 Å². The van der Waals surface area contributed by atoms with Gasteiger partial charge in [-0.15, -0.1) is 0 Å². The lowest BCUT2D eigenvalue weighted by atomic mass is 9.95. The minimum Gasteiger partial charge on any atom is -0.379 e. The molecule has 2 aromatic heterocycles. The zero-order valence-electron chi connectivity index (χ0n) is 22.2. The lowest BCUT2D eigenvalue weighted by Crippen LogP contribution is -2.40. The number of amides is 1. The summed E-state index contributed by atoms with van der Waals surface area (Å²) in [7, 11) is 1.94. The first-order valence-corrected chi connectivity index (χ1v) is 13.4. The number of carbonyl (C=O) groups excluding carboxylic acids is 1. The number of hydrogen-bond donors (Lipinski definition) is 0. The Balaban J connectivity index is 1.45. The topological polar surface area (TPSA) is 77.7 Å². The maximum atomic E-state index is 12.3. The number of aromatic nitrogens is 4. The van der Waals surface area contributed by atoms with E-state index < -0.39 is 0 Å². The second kappa shape index (κ2) is 9.61. The standard InChI is InChI=1S/C28H36N6O3/c1-18(2)37-24-12-21-11-20(22-13-29-31(4)14-22)5-6-26(21)33(15-24)28-25-16-32(19(3)35)9-7-27(25)34(30-28)23-8-10-36-17-23/h5-6,11,13-14,18,23-24H,7-10,12,15-17H2,1-4H3/t23-,24-/m0/s1. The number of benzene rings is 1. The first-order chi connectivity index (χ1) is 17.9. The van der Waals surface area contributed by atoms with Gasteiger partial charge >= 0.3 is 0 Å². The van der Waals surface area contributed by atoms with Gasteiger partial charge in [-0.2, -0.15) is 10.2 Å². The SMILES string of the molecule is CC(=O)N1CCc2c(c(N3C[C@@H](OC(C)C)Cc4cc(-c5cnn(C)c5)ccc43)nn2[C@H]2CCOC2)C1. The first-order valence-electron chi connectivity index (χ1n) is 13.4. The van der Waals surface area contributed by atoms with Crippen molar-refractivity contribution in [1.29, 1.82) is 0 Å². The highest BCUT2D eigenvalue weighted by Gasteiger charge is 2.35. The molecule has 5 heterocycles. The van der Waals surface area contributed by atoms with E-state index in [1.54, 1.807) is 6.92 Å². The molecular formula is C28H36N6O3. The maximum Gasteiger partial charge on any atom is 0.219 e. The molecule has 1 fully saturated rings. The average Bonchev–Trinajstić information content (AvgIpc) is 3.62. The van der Waals surface area contributed by atoms with Crippen molar-refractivity contribution in [3.63, 3.8) is 0 Å². The molecule has 37 heavy (non-hydrogen) atoms. The molecule has 3 aromatic rings. The third kappa shape index (κ3) is 4.55. The molecule has 196 valence electrons. The third-order valence-electron chi connectivity index (χ3n) is 7.72. The van der Waals surface area contributed by atoms with Crippen molar-refractivity contribution < 1.29 is 14.3 Å². The summed E-state index contributed by atoms with van der Waals surface area (Å²) in [6.07, 6.45) is 6.74. The highest BCUT2D eigenvalue weighted by atomic mass is 16.5. The largest absolute Gasteiger partial charge is 0.379 e. The number of rotatable bonds is 5. The minimum atomic E-state index is 0.0414. The van der Waals surface area contributed by atoms with E-state index in [9.17, 15) is 4.79 Å². The summed E-state index contributed by atoms with van der Waals surface area (Å²) in [5.74, 6) is 1.05. The molecule has 3 aliphatic heterocycles. The number of hydrogen-bond acceptors (Lipinski definition) is 6. The highest BCUT2D eigenvalue weighted by Crippen LogP contribution is 2.41. The minimum absolute atomic E-state index is 0.0414. The van der Waals surface area contributed by atoms with Crippen LogP contribution in [0.4, 0.5) is 11.5 Å². The zero-order chi connectivity index (χ0) is 25.7. The van der Waals surface area contributed by atoms with E-state index >= 15 is 0 Å². The van der Waals surface area contributed by atoms with Gasteiger partial charge in [-0.3, -0.25) is 14.2 Å². The van der Waals surface area contributed by atoms with Crippen LogP contribution in [0, 0.1) is 0 Å². The Kier molecular flexibility index (Phi) is 6.28. The van der Waals surface area contributed by atoms with Gasteiger partial charge < -0.3 is 19.3 Å². The fourth-order valence-electron chi connectivity index (χ4n) is 5.98. The Labute approximate surface area is 217 Å². The van der Waals surface area contributed by atoms with Crippen LogP contribution in [-0.4, -0.2) is 68.9 Å². The van der Waals surface area contributed by atoms with Crippen molar-refractivity contribution in [2.24, 2.45) is 7.05 Å². The quantitative estimate of drug-likeness (QED) is 0.528. The summed E-state index contributed by atoms with van der Waals surface area (Å²) < 4.78 is 16.1. The molecule has 1 aromatic carbocycles. The van der Waals surface area contributed by atoms with Crippen molar-refractivity contribution in [2.45, 2.75) is 64.8 Å². The Morgan fingerprint density at radius 3 is 2.81 bits per heavy atom. The Bertz CT molecular complexity index is 1310. The van der Waals surface area contributed by atoms with Gasteiger partial charge in [0.2, 0.25) is 5.91 Å². The van der Waals surface area contributed by atoms with E-state index in [-0.39, 0.29) is 24.2 Å². The molecule has 0 N–H and O–H groups in total. The molecule has 6 rings (SSSR count). The zero-order valence-corrected chi connectivity index (χ0v) is 22.2. The van der Waals surface area contributed by atoms with Gasteiger partial charge in [-0.05, 0) is 43.5 Å². The van der Waals surface area contributed by atoms with Crippen LogP contribution < -0.4 is 4.90 Å². The van der Waals surface area contributed by atoms with Crippen LogP contribution in [0.25, 0.3) is 11.1 Å². The number of ether oxygens (including phenoxy) is 2. The molecule has 0 bridgehead atoms. The maximum absolute atomic E-state index is 12.3. The van der Waals surface area contributed by atoms with E-state index in [2.05, 4.69) is 46.7 Å². The molecule has 0 spiro atoms. The second-order valence-corrected chi connectivity index (χ2v) is 10.8. The molecule has 0 radical (unpaired) electrons. The summed E-state index contributed by atoms with van der Waals surface area (Å²) in [6.45, 7) is 9.33. The van der Waals surface area contributed by atoms with Crippen molar-refractivity contribution in [1.82, 2.24) is 24.5 Å². The normalized spacial score (nSPS) is 21.4. The third-order valence-corrected chi connectivity index (χ3v) is 7.72. The molecule has 1 saturated heterocycles. The van der Waals surface area contributed by atoms with E-state index in [1.807, 2.05) is 29.0 Å². The number of nitrogens with zero attached hydrogens (tertiary/aromatic N) is 6. The second-order valence-electron chi connectivity index (χ2n) is 10.8. The number of fused-ring (bicyclic) bond motifs is 2. The lowest BCUT2D eigenvalue weighted by molar-refractivity contribution is -0.129. The van der Waals surface area contributed by atoms with E-state index in [1.165, 1.54) is 11.3 Å². The number of anilines is 2. The summed E-state index contributed by atoms with van der Waals surface area (Å²) in [6, 6.07) is 6.89. The van der Waals surface area contributed by atoms with Crippen molar-refractivity contribution in [3.8, 4) is 11.1 Å². The Hall–Kier alpha value is -3.17. The molecule has 2 atom stereocenters. The van der Waals surface area contributed by atoms with Crippen molar-refractivity contribution >= 4 is 17.4 Å². The monoisotopic (exact) mass is 504 g/mol. The van der Waals surface area contributed by atoms with Crippen LogP contribution in [0.15, 0.2) is 30.6 Å². The number of aryl methyl sites for hydroxylation is 1. The molecule has 0 saturated carbocycles. The van der Waals surface area contributed by atoms with Gasteiger partial charge in [0, 0.05) is 68.7 Å². The first kappa shape index (κ1) is 24.2. The predicted molar refractivity (Wildman–Crippen MR) is 141 cm³/mol. The van der Waals surface area contributed by atoms with Gasteiger partial charge in [-0.1, -0.05) is 6.07 Å². The summed E-state index contributed by atoms with van der Waals surface area (Å²) >= 11 is 0. The van der Waals surface area contributed by atoms with Gasteiger partial charge in [0.1, 0.15) is 0 Å². The van der Waals surface area contributed by atoms with Gasteiger partial charge in [0.05, 0.1) is 44.1 Å². The summed E-state index contributed by atoms with van der Waals surface area (Å²) in [5.41, 5.74) is 7.04. The molecule has 0 aliphatic carbocycles. The lowest BCUT2D eigenvalue weighted by Gasteiger charge is -2.37. The van der Waals surface area contributed by atoms with Crippen molar-refractivity contribution in [2.75, 3.05) is 31.2 Å². The van der Waals surface area contributed by atoms with Crippen LogP contribution in [0.5, 0.6) is 0 Å². The number of carbonyl (C=O) groups is 1. The van der Waals surface area contributed by atoms with Gasteiger partial charge in [-0.25, -0.2) is 0 Å². The molecule has 1 amide bonds. The van der Waals surface area contributed by atoms with Crippen LogP contribution in [-0.2, 0) is 40.7 Å². The van der Waals surface area contributed by atoms with E-state index in [0.717, 1.165) is 67.2 Å². The Morgan fingerprint density at radius 2 is 2.11 bits per heavy atom. The Morgan fingerprint density at radius 1 is 1.24 bits per heavy atom. The summed E-state index contributed by atoms with van der Waals surface area (Å²) in [4.78, 5) is 16.6. The molecule has 9 heteroatoms. The fourth-order valence-corrected chi connectivity index (χ4v) is 5.98. The molecule has 0 unspecified atom stereocenters. The van der Waals surface area contributed by atoms with Crippen molar-refractivity contribution in [3.05, 3.63) is 47.4 Å². The fraction of sp³-hybridized carbons (Fsp3) is 0.536. The smallest absolute Gasteiger partial charge is 0.219 e. The highest BCUT2D eigenvalue weighted by molar-refractivity contribution is 5.76. The van der Waals surface area contributed by atoms with Crippen LogP contribution in [0.1, 0.15) is 50.1 Å². The molecule has 3 aliphatic rings. The van der Waals surface area contributed by atoms with Crippen LogP contribution >= 0.6 is 0 Å². The predicted octanol–water partition coefficient (Wildman–Crippen LogP) is 3.64. The van der Waals surface area contributed by atoms with Crippen LogP contribution in [0.2, 0.25) is 0 Å². The van der Waals surface area contributed by atoms with Gasteiger partial charge in [0.15, 0.2) is 5.82 Å². The summed E-state index contributed by atoms with van der Waals surface area (Å²) in [5, 5.41) is 9.60. The van der Waals surface area contributed by atoms with E-state index in [4.69, 9.17) is 14.6 Å². The average molecular weight is 505 g/mol. The van der Waals surface area contributed by atoms with Gasteiger partial charge in [0.25, 0.3) is 0 Å².